The predicted molar refractivity (Wildman–Crippen MR) is 33.7 cm³/mol. The number of ether oxygens (including phenoxy) is 1. The molecule has 1 amide bonds. The summed E-state index contributed by atoms with van der Waals surface area (Å²) in [5.74, 6) is 0. The van der Waals surface area contributed by atoms with E-state index in [1.165, 1.54) is 18.7 Å². The molecular formula is C4H7NO2S. The molecule has 3 nitrogen and oxygen atoms in total. The number of thiol groups is 1. The molecule has 0 heterocycles. The first-order valence-electron chi connectivity index (χ1n) is 1.95. The van der Waals surface area contributed by atoms with E-state index < -0.39 is 6.09 Å². The molecular weight excluding hydrogens is 126 g/mol. The summed E-state index contributed by atoms with van der Waals surface area (Å²) in [6, 6.07) is 0. The predicted octanol–water partition coefficient (Wildman–Crippen LogP) is 0.743. The van der Waals surface area contributed by atoms with Crippen LogP contribution in [0.15, 0.2) is 11.6 Å². The van der Waals surface area contributed by atoms with Crippen LogP contribution in [-0.2, 0) is 4.74 Å². The number of amides is 1. The third-order valence-corrected chi connectivity index (χ3v) is 0.610. The Morgan fingerprint density at radius 2 is 2.50 bits per heavy atom. The average molecular weight is 133 g/mol. The molecule has 0 radical (unpaired) electrons. The van der Waals surface area contributed by atoms with Crippen molar-refractivity contribution >= 4 is 18.7 Å². The first-order chi connectivity index (χ1) is 3.81. The highest BCUT2D eigenvalue weighted by Gasteiger charge is 1.88. The Bertz CT molecular complexity index is 102. The molecule has 0 rings (SSSR count). The number of rotatable bonds is 1. The molecule has 0 aromatic carbocycles. The summed E-state index contributed by atoms with van der Waals surface area (Å²) in [6.07, 6.45) is 0.880. The Labute approximate surface area is 53.1 Å². The van der Waals surface area contributed by atoms with Crippen LogP contribution in [0.4, 0.5) is 4.79 Å². The fraction of sp³-hybridized carbons (Fsp3) is 0.250. The third-order valence-electron chi connectivity index (χ3n) is 0.461. The molecule has 8 heavy (non-hydrogen) atoms. The van der Waals surface area contributed by atoms with Gasteiger partial charge in [-0.3, -0.25) is 5.32 Å². The van der Waals surface area contributed by atoms with Gasteiger partial charge in [0.1, 0.15) is 0 Å². The van der Waals surface area contributed by atoms with E-state index in [4.69, 9.17) is 0 Å². The minimum Gasteiger partial charge on any atom is -0.453 e. The third kappa shape index (κ3) is 3.55. The standard InChI is InChI=1S/C4H7NO2S/c1-7-4(6)5-2-3-8/h2-3,8H,1H3,(H,5,6)/b3-2-. The Morgan fingerprint density at radius 1 is 1.88 bits per heavy atom. The zero-order valence-electron chi connectivity index (χ0n) is 4.42. The maximum Gasteiger partial charge on any atom is 0.410 e. The van der Waals surface area contributed by atoms with Crippen LogP contribution >= 0.6 is 12.6 Å². The summed E-state index contributed by atoms with van der Waals surface area (Å²) in [5, 5.41) is 3.66. The molecule has 0 saturated carbocycles. The maximum absolute atomic E-state index is 10.2. The normalized spacial score (nSPS) is 9.25. The van der Waals surface area contributed by atoms with Gasteiger partial charge in [0, 0.05) is 6.20 Å². The number of carbonyl (C=O) groups excluding carboxylic acids is 1. The van der Waals surface area contributed by atoms with E-state index in [9.17, 15) is 4.79 Å². The maximum atomic E-state index is 10.2. The Morgan fingerprint density at radius 3 is 2.88 bits per heavy atom. The lowest BCUT2D eigenvalue weighted by Crippen LogP contribution is -2.15. The molecule has 0 atom stereocenters. The summed E-state index contributed by atoms with van der Waals surface area (Å²) in [5.41, 5.74) is 0. The van der Waals surface area contributed by atoms with Crippen LogP contribution in [-0.4, -0.2) is 13.2 Å². The molecule has 4 heteroatoms. The van der Waals surface area contributed by atoms with Crippen LogP contribution in [0.3, 0.4) is 0 Å². The lowest BCUT2D eigenvalue weighted by atomic mass is 10.9. The van der Waals surface area contributed by atoms with Gasteiger partial charge in [0.25, 0.3) is 0 Å². The number of hydrogen-bond acceptors (Lipinski definition) is 3. The molecule has 0 unspecified atom stereocenters. The van der Waals surface area contributed by atoms with Crippen LogP contribution in [0.1, 0.15) is 0 Å². The lowest BCUT2D eigenvalue weighted by molar-refractivity contribution is 0.175. The van der Waals surface area contributed by atoms with E-state index in [0.29, 0.717) is 0 Å². The molecule has 0 spiro atoms. The van der Waals surface area contributed by atoms with Crippen molar-refractivity contribution in [1.29, 1.82) is 0 Å². The van der Waals surface area contributed by atoms with Crippen molar-refractivity contribution in [3.05, 3.63) is 11.6 Å². The summed E-state index contributed by atoms with van der Waals surface area (Å²) < 4.78 is 4.22. The second kappa shape index (κ2) is 4.52. The van der Waals surface area contributed by atoms with Crippen molar-refractivity contribution in [2.75, 3.05) is 7.11 Å². The first kappa shape index (κ1) is 7.36. The van der Waals surface area contributed by atoms with Crippen LogP contribution in [0.5, 0.6) is 0 Å². The monoisotopic (exact) mass is 133 g/mol. The van der Waals surface area contributed by atoms with Crippen LogP contribution in [0, 0.1) is 0 Å². The van der Waals surface area contributed by atoms with Gasteiger partial charge in [-0.05, 0) is 5.41 Å². The average Bonchev–Trinajstić information content (AvgIpc) is 1.83. The molecule has 46 valence electrons. The zero-order valence-corrected chi connectivity index (χ0v) is 5.31. The first-order valence-corrected chi connectivity index (χ1v) is 2.46. The Balaban J connectivity index is 3.25. The van der Waals surface area contributed by atoms with E-state index in [0.717, 1.165) is 0 Å². The lowest BCUT2D eigenvalue weighted by Gasteiger charge is -1.92. The zero-order chi connectivity index (χ0) is 6.41. The van der Waals surface area contributed by atoms with Gasteiger partial charge in [0.2, 0.25) is 0 Å². The van der Waals surface area contributed by atoms with Crippen molar-refractivity contribution in [3.8, 4) is 0 Å². The van der Waals surface area contributed by atoms with Gasteiger partial charge in [0.15, 0.2) is 0 Å². The van der Waals surface area contributed by atoms with Gasteiger partial charge in [0.05, 0.1) is 7.11 Å². The van der Waals surface area contributed by atoms with Gasteiger partial charge in [-0.15, -0.1) is 12.6 Å². The largest absolute Gasteiger partial charge is 0.453 e. The van der Waals surface area contributed by atoms with Crippen LogP contribution < -0.4 is 5.32 Å². The highest BCUT2D eigenvalue weighted by Crippen LogP contribution is 1.74. The summed E-state index contributed by atoms with van der Waals surface area (Å²) in [4.78, 5) is 10.2. The van der Waals surface area contributed by atoms with Crippen molar-refractivity contribution < 1.29 is 9.53 Å². The minimum absolute atomic E-state index is 0.490. The number of methoxy groups -OCH3 is 1. The van der Waals surface area contributed by atoms with Gasteiger partial charge in [-0.25, -0.2) is 4.79 Å². The summed E-state index contributed by atoms with van der Waals surface area (Å²) in [6.45, 7) is 0. The van der Waals surface area contributed by atoms with E-state index in [1.54, 1.807) is 0 Å². The quantitative estimate of drug-likeness (QED) is 0.518. The second-order valence-corrected chi connectivity index (χ2v) is 1.25. The SMILES string of the molecule is COC(=O)N/C=C\S. The Kier molecular flexibility index (Phi) is 4.16. The van der Waals surface area contributed by atoms with E-state index in [1.807, 2.05) is 0 Å². The Hall–Kier alpha value is -0.640. The molecule has 0 saturated heterocycles. The molecule has 0 aliphatic heterocycles. The molecule has 0 aromatic heterocycles. The van der Waals surface area contributed by atoms with Crippen molar-refractivity contribution in [3.63, 3.8) is 0 Å². The van der Waals surface area contributed by atoms with Crippen molar-refractivity contribution in [2.24, 2.45) is 0 Å². The van der Waals surface area contributed by atoms with Gasteiger partial charge >= 0.3 is 6.09 Å². The number of hydrogen-bond donors (Lipinski definition) is 2. The fourth-order valence-electron chi connectivity index (χ4n) is 0.164. The molecule has 1 N–H and O–H groups in total. The van der Waals surface area contributed by atoms with E-state index >= 15 is 0 Å². The summed E-state index contributed by atoms with van der Waals surface area (Å²) in [7, 11) is 1.29. The van der Waals surface area contributed by atoms with Gasteiger partial charge in [-0.1, -0.05) is 0 Å². The fourth-order valence-corrected chi connectivity index (χ4v) is 0.239. The van der Waals surface area contributed by atoms with Crippen molar-refractivity contribution in [2.45, 2.75) is 0 Å². The van der Waals surface area contributed by atoms with Crippen LogP contribution in [0.2, 0.25) is 0 Å². The summed E-state index contributed by atoms with van der Waals surface area (Å²) >= 11 is 3.68. The van der Waals surface area contributed by atoms with E-state index in [2.05, 4.69) is 22.7 Å². The topological polar surface area (TPSA) is 38.3 Å². The number of nitrogens with one attached hydrogen (secondary N) is 1. The van der Waals surface area contributed by atoms with Gasteiger partial charge < -0.3 is 4.74 Å². The van der Waals surface area contributed by atoms with Crippen molar-refractivity contribution in [1.82, 2.24) is 5.32 Å². The molecule has 0 aliphatic rings. The van der Waals surface area contributed by atoms with E-state index in [-0.39, 0.29) is 0 Å². The highest BCUT2D eigenvalue weighted by molar-refractivity contribution is 7.83. The molecule has 0 fully saturated rings. The van der Waals surface area contributed by atoms with Gasteiger partial charge in [-0.2, -0.15) is 0 Å². The molecule has 0 aliphatic carbocycles. The second-order valence-electron chi connectivity index (χ2n) is 0.952. The molecule has 0 bridgehead atoms. The molecule has 0 aromatic rings. The highest BCUT2D eigenvalue weighted by atomic mass is 32.1. The minimum atomic E-state index is -0.490. The number of alkyl carbamates (subject to hydrolysis) is 1. The smallest absolute Gasteiger partial charge is 0.410 e. The number of carbonyl (C=O) groups is 1. The van der Waals surface area contributed by atoms with Crippen LogP contribution in [0.25, 0.3) is 0 Å².